The van der Waals surface area contributed by atoms with E-state index in [1.54, 1.807) is 6.07 Å². The van der Waals surface area contributed by atoms with Crippen LogP contribution in [0, 0.1) is 12.3 Å². The number of hydrogen-bond acceptors (Lipinski definition) is 3. The Bertz CT molecular complexity index is 439. The topological polar surface area (TPSA) is 58.6 Å². The summed E-state index contributed by atoms with van der Waals surface area (Å²) in [6.07, 6.45) is 1.58. The highest BCUT2D eigenvalue weighted by atomic mass is 16.5. The molecule has 0 saturated carbocycles. The minimum atomic E-state index is -0.224. The fourth-order valence-corrected chi connectivity index (χ4v) is 2.35. The number of aliphatic hydroxyl groups is 1. The number of rotatable bonds is 4. The lowest BCUT2D eigenvalue weighted by atomic mass is 9.81. The SMILES string of the molecule is Cc1cccc(C(=O)NCC2(CO)CCOCC2)c1. The largest absolute Gasteiger partial charge is 0.396 e. The maximum atomic E-state index is 12.1. The lowest BCUT2D eigenvalue weighted by Crippen LogP contribution is -2.43. The van der Waals surface area contributed by atoms with Crippen LogP contribution < -0.4 is 5.32 Å². The average Bonchev–Trinajstić information content (AvgIpc) is 2.46. The normalized spacial score (nSPS) is 18.0. The van der Waals surface area contributed by atoms with Gasteiger partial charge in [-0.3, -0.25) is 4.79 Å². The Hall–Kier alpha value is -1.39. The highest BCUT2D eigenvalue weighted by Gasteiger charge is 2.32. The molecule has 1 aromatic carbocycles. The van der Waals surface area contributed by atoms with Crippen molar-refractivity contribution in [3.63, 3.8) is 0 Å². The van der Waals surface area contributed by atoms with Crippen LogP contribution in [0.5, 0.6) is 0 Å². The van der Waals surface area contributed by atoms with Gasteiger partial charge in [-0.2, -0.15) is 0 Å². The van der Waals surface area contributed by atoms with Gasteiger partial charge < -0.3 is 15.2 Å². The van der Waals surface area contributed by atoms with Gasteiger partial charge in [0.2, 0.25) is 0 Å². The maximum Gasteiger partial charge on any atom is 0.251 e. The van der Waals surface area contributed by atoms with E-state index in [2.05, 4.69) is 5.32 Å². The standard InChI is InChI=1S/C15H21NO3/c1-12-3-2-4-13(9-12)14(18)16-10-15(11-17)5-7-19-8-6-15/h2-4,9,17H,5-8,10-11H2,1H3,(H,16,18). The predicted octanol–water partition coefficient (Wildman–Crippen LogP) is 1.51. The molecule has 104 valence electrons. The third-order valence-electron chi connectivity index (χ3n) is 3.79. The van der Waals surface area contributed by atoms with Gasteiger partial charge in [0, 0.05) is 30.7 Å². The Morgan fingerprint density at radius 3 is 2.79 bits per heavy atom. The number of hydrogen-bond donors (Lipinski definition) is 2. The molecule has 1 aliphatic rings. The second-order valence-electron chi connectivity index (χ2n) is 5.32. The second kappa shape index (κ2) is 6.17. The van der Waals surface area contributed by atoms with Crippen molar-refractivity contribution in [3.05, 3.63) is 35.4 Å². The lowest BCUT2D eigenvalue weighted by molar-refractivity contribution is -0.0146. The number of carbonyl (C=O) groups is 1. The predicted molar refractivity (Wildman–Crippen MR) is 73.1 cm³/mol. The van der Waals surface area contributed by atoms with E-state index in [4.69, 9.17) is 4.74 Å². The van der Waals surface area contributed by atoms with Crippen molar-refractivity contribution in [2.45, 2.75) is 19.8 Å². The molecule has 0 atom stereocenters. The summed E-state index contributed by atoms with van der Waals surface area (Å²) in [6, 6.07) is 7.51. The minimum Gasteiger partial charge on any atom is -0.396 e. The van der Waals surface area contributed by atoms with Crippen molar-refractivity contribution in [1.82, 2.24) is 5.32 Å². The summed E-state index contributed by atoms with van der Waals surface area (Å²) in [5, 5.41) is 12.5. The molecule has 1 amide bonds. The van der Waals surface area contributed by atoms with Crippen LogP contribution in [0.2, 0.25) is 0 Å². The van der Waals surface area contributed by atoms with E-state index in [0.717, 1.165) is 18.4 Å². The van der Waals surface area contributed by atoms with Gasteiger partial charge in [0.1, 0.15) is 0 Å². The van der Waals surface area contributed by atoms with E-state index >= 15 is 0 Å². The Kier molecular flexibility index (Phi) is 4.56. The van der Waals surface area contributed by atoms with Crippen LogP contribution in [0.1, 0.15) is 28.8 Å². The molecular weight excluding hydrogens is 242 g/mol. The molecule has 1 saturated heterocycles. The van der Waals surface area contributed by atoms with Crippen LogP contribution in [0.3, 0.4) is 0 Å². The van der Waals surface area contributed by atoms with E-state index in [1.807, 2.05) is 25.1 Å². The van der Waals surface area contributed by atoms with Gasteiger partial charge in [-0.05, 0) is 31.9 Å². The average molecular weight is 263 g/mol. The van der Waals surface area contributed by atoms with Crippen molar-refractivity contribution < 1.29 is 14.6 Å². The molecule has 4 heteroatoms. The first kappa shape index (κ1) is 14.0. The van der Waals surface area contributed by atoms with Crippen LogP contribution >= 0.6 is 0 Å². The van der Waals surface area contributed by atoms with Crippen molar-refractivity contribution in [3.8, 4) is 0 Å². The number of ether oxygens (including phenoxy) is 1. The fraction of sp³-hybridized carbons (Fsp3) is 0.533. The van der Waals surface area contributed by atoms with Crippen LogP contribution in [-0.2, 0) is 4.74 Å². The van der Waals surface area contributed by atoms with Gasteiger partial charge in [0.25, 0.3) is 5.91 Å². The zero-order valence-electron chi connectivity index (χ0n) is 11.3. The Morgan fingerprint density at radius 1 is 1.42 bits per heavy atom. The number of aryl methyl sites for hydroxylation is 1. The summed E-state index contributed by atoms with van der Waals surface area (Å²) in [4.78, 5) is 12.1. The van der Waals surface area contributed by atoms with Crippen LogP contribution in [0.25, 0.3) is 0 Å². The third kappa shape index (κ3) is 3.55. The first-order valence-electron chi connectivity index (χ1n) is 6.69. The molecule has 2 N–H and O–H groups in total. The van der Waals surface area contributed by atoms with Crippen molar-refractivity contribution in [1.29, 1.82) is 0 Å². The molecule has 1 aromatic rings. The van der Waals surface area contributed by atoms with E-state index in [-0.39, 0.29) is 17.9 Å². The van der Waals surface area contributed by atoms with Gasteiger partial charge in [-0.25, -0.2) is 0 Å². The van der Waals surface area contributed by atoms with Crippen molar-refractivity contribution in [2.75, 3.05) is 26.4 Å². The third-order valence-corrected chi connectivity index (χ3v) is 3.79. The summed E-state index contributed by atoms with van der Waals surface area (Å²) < 4.78 is 5.31. The Labute approximate surface area is 113 Å². The molecule has 0 spiro atoms. The second-order valence-corrected chi connectivity index (χ2v) is 5.32. The monoisotopic (exact) mass is 263 g/mol. The van der Waals surface area contributed by atoms with Crippen LogP contribution in [0.15, 0.2) is 24.3 Å². The summed E-state index contributed by atoms with van der Waals surface area (Å²) in [5.74, 6) is -0.0805. The Balaban J connectivity index is 1.95. The number of nitrogens with one attached hydrogen (secondary N) is 1. The van der Waals surface area contributed by atoms with Gasteiger partial charge in [0.15, 0.2) is 0 Å². The lowest BCUT2D eigenvalue weighted by Gasteiger charge is -2.35. The zero-order valence-corrected chi connectivity index (χ0v) is 11.3. The Morgan fingerprint density at radius 2 is 2.16 bits per heavy atom. The number of benzene rings is 1. The molecule has 1 aliphatic heterocycles. The number of aliphatic hydroxyl groups excluding tert-OH is 1. The molecule has 0 radical (unpaired) electrons. The minimum absolute atomic E-state index is 0.0805. The quantitative estimate of drug-likeness (QED) is 0.865. The van der Waals surface area contributed by atoms with E-state index in [9.17, 15) is 9.90 Å². The van der Waals surface area contributed by atoms with Crippen LogP contribution in [0.4, 0.5) is 0 Å². The molecule has 4 nitrogen and oxygen atoms in total. The van der Waals surface area contributed by atoms with Gasteiger partial charge in [-0.15, -0.1) is 0 Å². The van der Waals surface area contributed by atoms with Gasteiger partial charge >= 0.3 is 0 Å². The molecule has 0 unspecified atom stereocenters. The molecule has 0 bridgehead atoms. The maximum absolute atomic E-state index is 12.1. The van der Waals surface area contributed by atoms with Crippen molar-refractivity contribution >= 4 is 5.91 Å². The molecule has 0 aliphatic carbocycles. The molecule has 0 aromatic heterocycles. The number of amides is 1. The van der Waals surface area contributed by atoms with Gasteiger partial charge in [0.05, 0.1) is 6.61 Å². The molecular formula is C15H21NO3. The summed E-state index contributed by atoms with van der Waals surface area (Å²) in [5.41, 5.74) is 1.51. The molecule has 2 rings (SSSR count). The van der Waals surface area contributed by atoms with E-state index < -0.39 is 0 Å². The van der Waals surface area contributed by atoms with E-state index in [0.29, 0.717) is 25.3 Å². The molecule has 1 heterocycles. The van der Waals surface area contributed by atoms with E-state index in [1.165, 1.54) is 0 Å². The first-order valence-corrected chi connectivity index (χ1v) is 6.69. The summed E-state index contributed by atoms with van der Waals surface area (Å²) >= 11 is 0. The smallest absolute Gasteiger partial charge is 0.251 e. The van der Waals surface area contributed by atoms with Gasteiger partial charge in [-0.1, -0.05) is 17.7 Å². The number of carbonyl (C=O) groups excluding carboxylic acids is 1. The fourth-order valence-electron chi connectivity index (χ4n) is 2.35. The summed E-state index contributed by atoms with van der Waals surface area (Å²) in [7, 11) is 0. The molecule has 19 heavy (non-hydrogen) atoms. The first-order chi connectivity index (χ1) is 9.15. The summed E-state index contributed by atoms with van der Waals surface area (Å²) in [6.45, 7) is 3.86. The van der Waals surface area contributed by atoms with Crippen molar-refractivity contribution in [2.24, 2.45) is 5.41 Å². The zero-order chi connectivity index (χ0) is 13.7. The highest BCUT2D eigenvalue weighted by molar-refractivity contribution is 5.94. The highest BCUT2D eigenvalue weighted by Crippen LogP contribution is 2.29. The van der Waals surface area contributed by atoms with Crippen LogP contribution in [-0.4, -0.2) is 37.4 Å². The molecule has 1 fully saturated rings.